The molecule has 1 aromatic rings. The molecule has 0 N–H and O–H groups in total. The first kappa shape index (κ1) is 10.6. The van der Waals surface area contributed by atoms with Gasteiger partial charge < -0.3 is 9.64 Å². The Morgan fingerprint density at radius 3 is 2.33 bits per heavy atom. The Labute approximate surface area is 107 Å². The van der Waals surface area contributed by atoms with Crippen LogP contribution in [-0.2, 0) is 4.74 Å². The summed E-state index contributed by atoms with van der Waals surface area (Å²) in [6, 6.07) is 10.5. The van der Waals surface area contributed by atoms with E-state index in [1.54, 1.807) is 0 Å². The highest BCUT2D eigenvalue weighted by Gasteiger charge is 2.56. The first-order valence-electron chi connectivity index (χ1n) is 6.79. The van der Waals surface area contributed by atoms with E-state index < -0.39 is 0 Å². The van der Waals surface area contributed by atoms with Gasteiger partial charge in [-0.25, -0.2) is 0 Å². The van der Waals surface area contributed by atoms with Crippen LogP contribution in [0.15, 0.2) is 30.3 Å². The van der Waals surface area contributed by atoms with Crippen molar-refractivity contribution in [3.63, 3.8) is 0 Å². The molecule has 1 spiro atoms. The smallest absolute Gasteiger partial charge is 0.254 e. The summed E-state index contributed by atoms with van der Waals surface area (Å²) in [5, 5.41) is 0. The Hall–Kier alpha value is -1.35. The Kier molecular flexibility index (Phi) is 2.10. The van der Waals surface area contributed by atoms with Crippen molar-refractivity contribution in [3.8, 4) is 0 Å². The van der Waals surface area contributed by atoms with Gasteiger partial charge >= 0.3 is 0 Å². The summed E-state index contributed by atoms with van der Waals surface area (Å²) in [4.78, 5) is 14.7. The van der Waals surface area contributed by atoms with E-state index in [9.17, 15) is 4.79 Å². The van der Waals surface area contributed by atoms with Gasteiger partial charge in [-0.3, -0.25) is 4.79 Å². The lowest BCUT2D eigenvalue weighted by Crippen LogP contribution is -2.49. The van der Waals surface area contributed by atoms with Gasteiger partial charge in [-0.05, 0) is 37.8 Å². The largest absolute Gasteiger partial charge is 0.369 e. The van der Waals surface area contributed by atoms with Crippen LogP contribution in [0.5, 0.6) is 0 Å². The lowest BCUT2D eigenvalue weighted by molar-refractivity contribution is 0.0471. The number of hydrogen-bond donors (Lipinski definition) is 0. The zero-order valence-electron chi connectivity index (χ0n) is 10.3. The Morgan fingerprint density at radius 1 is 1.17 bits per heavy atom. The molecule has 3 aliphatic rings. The van der Waals surface area contributed by atoms with E-state index in [-0.39, 0.29) is 11.5 Å². The van der Waals surface area contributed by atoms with Crippen molar-refractivity contribution in [2.45, 2.75) is 43.4 Å². The quantitative estimate of drug-likeness (QED) is 0.708. The average Bonchev–Trinajstić information content (AvgIpc) is 3.09. The summed E-state index contributed by atoms with van der Waals surface area (Å²) in [5.74, 6) is 0.207. The third-order valence-corrected chi connectivity index (χ3v) is 4.64. The van der Waals surface area contributed by atoms with Gasteiger partial charge in [0.05, 0.1) is 12.2 Å². The van der Waals surface area contributed by atoms with Crippen LogP contribution in [-0.4, -0.2) is 35.1 Å². The predicted octanol–water partition coefficient (Wildman–Crippen LogP) is 2.22. The second-order valence-electron chi connectivity index (χ2n) is 5.84. The van der Waals surface area contributed by atoms with Gasteiger partial charge in [0.25, 0.3) is 5.91 Å². The monoisotopic (exact) mass is 243 g/mol. The second kappa shape index (κ2) is 3.58. The molecule has 4 rings (SSSR count). The number of rotatable bonds is 1. The lowest BCUT2D eigenvalue weighted by atomic mass is 9.90. The van der Waals surface area contributed by atoms with Gasteiger partial charge in [-0.2, -0.15) is 0 Å². The molecule has 94 valence electrons. The van der Waals surface area contributed by atoms with Crippen LogP contribution >= 0.6 is 0 Å². The van der Waals surface area contributed by atoms with Crippen LogP contribution in [0.25, 0.3) is 0 Å². The normalized spacial score (nSPS) is 37.0. The molecule has 1 unspecified atom stereocenters. The van der Waals surface area contributed by atoms with Crippen molar-refractivity contribution in [1.82, 2.24) is 4.90 Å². The van der Waals surface area contributed by atoms with Crippen LogP contribution in [0.1, 0.15) is 36.0 Å². The highest BCUT2D eigenvalue weighted by molar-refractivity contribution is 5.95. The molecule has 3 saturated heterocycles. The number of nitrogens with zero attached hydrogens (tertiary/aromatic N) is 1. The van der Waals surface area contributed by atoms with Gasteiger partial charge in [0, 0.05) is 17.6 Å². The summed E-state index contributed by atoms with van der Waals surface area (Å²) in [7, 11) is 0. The van der Waals surface area contributed by atoms with Gasteiger partial charge in [0.2, 0.25) is 0 Å². The molecule has 1 aromatic carbocycles. The molecule has 3 aliphatic heterocycles. The van der Waals surface area contributed by atoms with E-state index in [2.05, 4.69) is 4.90 Å². The van der Waals surface area contributed by atoms with Crippen LogP contribution in [0.2, 0.25) is 0 Å². The van der Waals surface area contributed by atoms with E-state index in [0.717, 1.165) is 37.9 Å². The molecule has 3 heterocycles. The number of carbonyl (C=O) groups is 1. The first-order chi connectivity index (χ1) is 8.77. The SMILES string of the molecule is O=C(c1ccccc1)N1[C@@H]2CC[C@H]1CC1(CO1)C2. The van der Waals surface area contributed by atoms with Crippen LogP contribution < -0.4 is 0 Å². The maximum atomic E-state index is 12.6. The average molecular weight is 243 g/mol. The minimum Gasteiger partial charge on any atom is -0.369 e. The number of fused-ring (bicyclic) bond motifs is 2. The van der Waals surface area contributed by atoms with Crippen molar-refractivity contribution in [2.75, 3.05) is 6.61 Å². The molecule has 18 heavy (non-hydrogen) atoms. The number of epoxide rings is 1. The van der Waals surface area contributed by atoms with E-state index in [1.807, 2.05) is 30.3 Å². The molecule has 2 bridgehead atoms. The summed E-state index contributed by atoms with van der Waals surface area (Å²) in [5.41, 5.74) is 0.973. The molecular weight excluding hydrogens is 226 g/mol. The topological polar surface area (TPSA) is 32.8 Å². The van der Waals surface area contributed by atoms with Gasteiger partial charge in [0.1, 0.15) is 0 Å². The summed E-state index contributed by atoms with van der Waals surface area (Å²) >= 11 is 0. The van der Waals surface area contributed by atoms with Gasteiger partial charge in [-0.1, -0.05) is 18.2 Å². The third-order valence-electron chi connectivity index (χ3n) is 4.64. The Balaban J connectivity index is 1.61. The van der Waals surface area contributed by atoms with E-state index in [4.69, 9.17) is 4.74 Å². The van der Waals surface area contributed by atoms with Gasteiger partial charge in [0.15, 0.2) is 0 Å². The molecule has 0 radical (unpaired) electrons. The zero-order valence-corrected chi connectivity index (χ0v) is 10.3. The van der Waals surface area contributed by atoms with E-state index >= 15 is 0 Å². The minimum absolute atomic E-state index is 0.152. The number of piperidine rings is 1. The molecule has 3 fully saturated rings. The maximum absolute atomic E-state index is 12.6. The fourth-order valence-corrected chi connectivity index (χ4v) is 3.70. The number of benzene rings is 1. The fraction of sp³-hybridized carbons (Fsp3) is 0.533. The number of carbonyl (C=O) groups excluding carboxylic acids is 1. The van der Waals surface area contributed by atoms with E-state index in [1.165, 1.54) is 0 Å². The Morgan fingerprint density at radius 2 is 1.78 bits per heavy atom. The zero-order chi connectivity index (χ0) is 12.2. The molecule has 0 saturated carbocycles. The highest BCUT2D eigenvalue weighted by Crippen LogP contribution is 2.49. The number of hydrogen-bond acceptors (Lipinski definition) is 2. The van der Waals surface area contributed by atoms with Crippen molar-refractivity contribution >= 4 is 5.91 Å². The molecule has 0 aliphatic carbocycles. The van der Waals surface area contributed by atoms with Crippen LogP contribution in [0.3, 0.4) is 0 Å². The summed E-state index contributed by atoms with van der Waals surface area (Å²) in [6.07, 6.45) is 4.38. The van der Waals surface area contributed by atoms with Crippen molar-refractivity contribution in [2.24, 2.45) is 0 Å². The van der Waals surface area contributed by atoms with Crippen molar-refractivity contribution in [1.29, 1.82) is 0 Å². The fourth-order valence-electron chi connectivity index (χ4n) is 3.70. The number of ether oxygens (including phenoxy) is 1. The minimum atomic E-state index is 0.152. The van der Waals surface area contributed by atoms with Gasteiger partial charge in [-0.15, -0.1) is 0 Å². The second-order valence-corrected chi connectivity index (χ2v) is 5.84. The summed E-state index contributed by atoms with van der Waals surface area (Å²) < 4.78 is 5.61. The molecule has 3 nitrogen and oxygen atoms in total. The first-order valence-corrected chi connectivity index (χ1v) is 6.79. The van der Waals surface area contributed by atoms with E-state index in [0.29, 0.717) is 12.1 Å². The third kappa shape index (κ3) is 1.50. The number of amides is 1. The van der Waals surface area contributed by atoms with Crippen LogP contribution in [0, 0.1) is 0 Å². The Bertz CT molecular complexity index is 465. The van der Waals surface area contributed by atoms with Crippen molar-refractivity contribution < 1.29 is 9.53 Å². The van der Waals surface area contributed by atoms with Crippen molar-refractivity contribution in [3.05, 3.63) is 35.9 Å². The molecule has 1 amide bonds. The standard InChI is InChI=1S/C15H17NO2/c17-14(11-4-2-1-3-5-11)16-12-6-7-13(16)9-15(8-12)10-18-15/h1-5,12-13H,6-10H2/t12-,13+,15?. The lowest BCUT2D eigenvalue weighted by Gasteiger charge is -2.38. The summed E-state index contributed by atoms with van der Waals surface area (Å²) in [6.45, 7) is 0.910. The molecule has 0 aromatic heterocycles. The molecule has 3 atom stereocenters. The molecule has 3 heteroatoms. The molecular formula is C15H17NO2. The van der Waals surface area contributed by atoms with Crippen LogP contribution in [0.4, 0.5) is 0 Å². The highest BCUT2D eigenvalue weighted by atomic mass is 16.6. The maximum Gasteiger partial charge on any atom is 0.254 e. The predicted molar refractivity (Wildman–Crippen MR) is 67.3 cm³/mol.